The lowest BCUT2D eigenvalue weighted by atomic mass is 10.2. The standard InChI is InChI=1S/C17H20ClNO4S/c1-17(2,3)23-16(21)19-9-7-11-5-6-12(14(18)15(11)19)24-10-8-13(20)22-4/h5-7,9H,8,10H2,1-4H3. The molecule has 1 aromatic heterocycles. The smallest absolute Gasteiger partial charge is 0.419 e. The molecule has 0 radical (unpaired) electrons. The number of halogens is 1. The molecule has 130 valence electrons. The van der Waals surface area contributed by atoms with Crippen molar-refractivity contribution in [2.24, 2.45) is 0 Å². The summed E-state index contributed by atoms with van der Waals surface area (Å²) < 4.78 is 11.4. The lowest BCUT2D eigenvalue weighted by Crippen LogP contribution is -2.26. The van der Waals surface area contributed by atoms with E-state index in [9.17, 15) is 9.59 Å². The highest BCUT2D eigenvalue weighted by molar-refractivity contribution is 7.99. The molecule has 2 aromatic rings. The van der Waals surface area contributed by atoms with Crippen LogP contribution in [0.4, 0.5) is 4.79 Å². The third-order valence-corrected chi connectivity index (χ3v) is 4.69. The molecule has 0 amide bonds. The quantitative estimate of drug-likeness (QED) is 0.575. The average Bonchev–Trinajstić information content (AvgIpc) is 2.92. The first-order valence-corrected chi connectivity index (χ1v) is 8.82. The zero-order valence-electron chi connectivity index (χ0n) is 14.1. The van der Waals surface area contributed by atoms with E-state index in [4.69, 9.17) is 16.3 Å². The molecule has 0 unspecified atom stereocenters. The van der Waals surface area contributed by atoms with Crippen LogP contribution in [0.3, 0.4) is 0 Å². The van der Waals surface area contributed by atoms with Gasteiger partial charge in [-0.1, -0.05) is 17.7 Å². The number of hydrogen-bond donors (Lipinski definition) is 0. The summed E-state index contributed by atoms with van der Waals surface area (Å²) in [6.45, 7) is 5.44. The Kier molecular flexibility index (Phi) is 5.83. The van der Waals surface area contributed by atoms with Gasteiger partial charge in [0.15, 0.2) is 0 Å². The SMILES string of the molecule is COC(=O)CCSc1ccc2ccn(C(=O)OC(C)(C)C)c2c1Cl. The number of carbonyl (C=O) groups excluding carboxylic acids is 2. The Balaban J connectivity index is 2.27. The van der Waals surface area contributed by atoms with Gasteiger partial charge in [0.25, 0.3) is 0 Å². The molecule has 0 aliphatic rings. The Hall–Kier alpha value is -1.66. The Morgan fingerprint density at radius 1 is 1.25 bits per heavy atom. The van der Waals surface area contributed by atoms with E-state index in [1.54, 1.807) is 6.20 Å². The number of nitrogens with zero attached hydrogens (tertiary/aromatic N) is 1. The fourth-order valence-corrected chi connectivity index (χ4v) is 3.39. The largest absolute Gasteiger partial charge is 0.469 e. The van der Waals surface area contributed by atoms with Gasteiger partial charge in [0.2, 0.25) is 0 Å². The third-order valence-electron chi connectivity index (χ3n) is 3.14. The second kappa shape index (κ2) is 7.49. The van der Waals surface area contributed by atoms with Crippen LogP contribution in [0, 0.1) is 0 Å². The highest BCUT2D eigenvalue weighted by Gasteiger charge is 2.21. The lowest BCUT2D eigenvalue weighted by molar-refractivity contribution is -0.140. The Morgan fingerprint density at radius 2 is 1.96 bits per heavy atom. The zero-order chi connectivity index (χ0) is 17.9. The molecule has 0 aliphatic carbocycles. The molecule has 0 bridgehead atoms. The highest BCUT2D eigenvalue weighted by Crippen LogP contribution is 2.35. The summed E-state index contributed by atoms with van der Waals surface area (Å²) in [6.07, 6.45) is 1.46. The van der Waals surface area contributed by atoms with E-state index in [2.05, 4.69) is 4.74 Å². The van der Waals surface area contributed by atoms with Crippen molar-refractivity contribution in [1.82, 2.24) is 4.57 Å². The maximum absolute atomic E-state index is 12.4. The van der Waals surface area contributed by atoms with Crippen LogP contribution >= 0.6 is 23.4 Å². The maximum atomic E-state index is 12.4. The molecule has 7 heteroatoms. The number of methoxy groups -OCH3 is 1. The van der Waals surface area contributed by atoms with E-state index in [1.165, 1.54) is 23.4 Å². The van der Waals surface area contributed by atoms with Gasteiger partial charge in [0.1, 0.15) is 5.60 Å². The monoisotopic (exact) mass is 369 g/mol. The van der Waals surface area contributed by atoms with Crippen molar-refractivity contribution in [2.45, 2.75) is 37.7 Å². The molecule has 0 spiro atoms. The van der Waals surface area contributed by atoms with Gasteiger partial charge in [-0.25, -0.2) is 4.79 Å². The van der Waals surface area contributed by atoms with E-state index < -0.39 is 11.7 Å². The maximum Gasteiger partial charge on any atom is 0.419 e. The van der Waals surface area contributed by atoms with Gasteiger partial charge in [-0.05, 0) is 32.9 Å². The van der Waals surface area contributed by atoms with Crippen LogP contribution in [0.15, 0.2) is 29.3 Å². The molecule has 1 aromatic carbocycles. The van der Waals surface area contributed by atoms with Gasteiger partial charge < -0.3 is 9.47 Å². The topological polar surface area (TPSA) is 57.5 Å². The summed E-state index contributed by atoms with van der Waals surface area (Å²) in [6, 6.07) is 5.59. The molecular formula is C17H20ClNO4S. The van der Waals surface area contributed by atoms with Crippen LogP contribution in [-0.4, -0.2) is 35.1 Å². The minimum atomic E-state index is -0.590. The highest BCUT2D eigenvalue weighted by atomic mass is 35.5. The minimum absolute atomic E-state index is 0.267. The van der Waals surface area contributed by atoms with Crippen LogP contribution in [0.25, 0.3) is 10.9 Å². The molecule has 0 saturated heterocycles. The second-order valence-corrected chi connectivity index (χ2v) is 7.67. The summed E-state index contributed by atoms with van der Waals surface area (Å²) in [7, 11) is 1.36. The van der Waals surface area contributed by atoms with E-state index in [1.807, 2.05) is 39.0 Å². The van der Waals surface area contributed by atoms with Crippen molar-refractivity contribution in [3.63, 3.8) is 0 Å². The Bertz CT molecular complexity index is 764. The normalized spacial score (nSPS) is 11.5. The number of fused-ring (bicyclic) bond motifs is 1. The van der Waals surface area contributed by atoms with Crippen LogP contribution < -0.4 is 0 Å². The number of aromatic nitrogens is 1. The van der Waals surface area contributed by atoms with Crippen molar-refractivity contribution in [3.8, 4) is 0 Å². The molecule has 0 saturated carbocycles. The van der Waals surface area contributed by atoms with Crippen LogP contribution in [-0.2, 0) is 14.3 Å². The fraction of sp³-hybridized carbons (Fsp3) is 0.412. The lowest BCUT2D eigenvalue weighted by Gasteiger charge is -2.20. The predicted octanol–water partition coefficient (Wildman–Crippen LogP) is 4.73. The number of rotatable bonds is 4. The van der Waals surface area contributed by atoms with Gasteiger partial charge in [-0.15, -0.1) is 11.8 Å². The van der Waals surface area contributed by atoms with Crippen LogP contribution in [0.1, 0.15) is 27.2 Å². The zero-order valence-corrected chi connectivity index (χ0v) is 15.7. The van der Waals surface area contributed by atoms with E-state index in [-0.39, 0.29) is 5.97 Å². The number of ether oxygens (including phenoxy) is 2. The second-order valence-electron chi connectivity index (χ2n) is 6.16. The van der Waals surface area contributed by atoms with Crippen LogP contribution in [0.2, 0.25) is 5.02 Å². The first-order chi connectivity index (χ1) is 11.2. The molecule has 0 atom stereocenters. The van der Waals surface area contributed by atoms with Crippen molar-refractivity contribution in [3.05, 3.63) is 29.4 Å². The summed E-state index contributed by atoms with van der Waals surface area (Å²) in [4.78, 5) is 24.4. The van der Waals surface area contributed by atoms with Crippen LogP contribution in [0.5, 0.6) is 0 Å². The minimum Gasteiger partial charge on any atom is -0.469 e. The number of hydrogen-bond acceptors (Lipinski definition) is 5. The Labute approximate surface area is 150 Å². The van der Waals surface area contributed by atoms with Crippen molar-refractivity contribution < 1.29 is 19.1 Å². The first kappa shape index (κ1) is 18.7. The molecule has 24 heavy (non-hydrogen) atoms. The summed E-state index contributed by atoms with van der Waals surface area (Å²) in [5.74, 6) is 0.280. The van der Waals surface area contributed by atoms with Gasteiger partial charge in [-0.2, -0.15) is 0 Å². The van der Waals surface area contributed by atoms with Gasteiger partial charge in [0, 0.05) is 22.2 Å². The van der Waals surface area contributed by atoms with Crippen molar-refractivity contribution in [1.29, 1.82) is 0 Å². The van der Waals surface area contributed by atoms with Crippen molar-refractivity contribution in [2.75, 3.05) is 12.9 Å². The number of carbonyl (C=O) groups is 2. The third kappa shape index (κ3) is 4.45. The average molecular weight is 370 g/mol. The van der Waals surface area contributed by atoms with E-state index in [0.717, 1.165) is 10.3 Å². The molecule has 0 aliphatic heterocycles. The molecular weight excluding hydrogens is 350 g/mol. The molecule has 0 fully saturated rings. The van der Waals surface area contributed by atoms with Gasteiger partial charge in [0.05, 0.1) is 24.1 Å². The molecule has 0 N–H and O–H groups in total. The van der Waals surface area contributed by atoms with Gasteiger partial charge >= 0.3 is 12.1 Å². The predicted molar refractivity (Wildman–Crippen MR) is 95.9 cm³/mol. The van der Waals surface area contributed by atoms with Crippen molar-refractivity contribution >= 4 is 46.3 Å². The van der Waals surface area contributed by atoms with Gasteiger partial charge in [-0.3, -0.25) is 9.36 Å². The fourth-order valence-electron chi connectivity index (χ4n) is 2.09. The number of thioether (sulfide) groups is 1. The summed E-state index contributed by atoms with van der Waals surface area (Å²) in [5, 5.41) is 1.32. The number of esters is 1. The summed E-state index contributed by atoms with van der Waals surface area (Å²) >= 11 is 7.93. The molecule has 2 rings (SSSR count). The van der Waals surface area contributed by atoms with E-state index in [0.29, 0.717) is 22.7 Å². The van der Waals surface area contributed by atoms with E-state index >= 15 is 0 Å². The Morgan fingerprint density at radius 3 is 2.58 bits per heavy atom. The summed E-state index contributed by atoms with van der Waals surface area (Å²) in [5.41, 5.74) is 0.0153. The number of benzene rings is 1. The molecule has 1 heterocycles. The molecule has 5 nitrogen and oxygen atoms in total. The first-order valence-electron chi connectivity index (χ1n) is 7.45.